The van der Waals surface area contributed by atoms with Gasteiger partial charge in [-0.2, -0.15) is 8.42 Å². The molecule has 2 aromatic heterocycles. The lowest BCUT2D eigenvalue weighted by atomic mass is 10.2. The van der Waals surface area contributed by atoms with Gasteiger partial charge in [0.1, 0.15) is 12.2 Å². The van der Waals surface area contributed by atoms with Crippen molar-refractivity contribution in [3.63, 3.8) is 0 Å². The van der Waals surface area contributed by atoms with Crippen LogP contribution in [0.25, 0.3) is 11.3 Å². The van der Waals surface area contributed by atoms with Gasteiger partial charge in [-0.3, -0.25) is 4.55 Å². The predicted octanol–water partition coefficient (Wildman–Crippen LogP) is 0.302. The van der Waals surface area contributed by atoms with Crippen LogP contribution in [0.4, 0.5) is 0 Å². The molecule has 0 aliphatic heterocycles. The summed E-state index contributed by atoms with van der Waals surface area (Å²) in [6, 6.07) is 3.65. The van der Waals surface area contributed by atoms with Crippen molar-refractivity contribution >= 4 is 10.1 Å². The molecule has 0 fully saturated rings. The van der Waals surface area contributed by atoms with Crippen molar-refractivity contribution in [1.29, 1.82) is 0 Å². The molecule has 0 radical (unpaired) electrons. The molecule has 0 aliphatic carbocycles. The molecule has 0 saturated carbocycles. The smallest absolute Gasteiger partial charge is 0.265 e. The highest BCUT2D eigenvalue weighted by Gasteiger charge is 2.08. The molecule has 0 bridgehead atoms. The van der Waals surface area contributed by atoms with E-state index >= 15 is 0 Å². The van der Waals surface area contributed by atoms with Crippen LogP contribution >= 0.6 is 0 Å². The van der Waals surface area contributed by atoms with E-state index in [1.54, 1.807) is 12.4 Å². The van der Waals surface area contributed by atoms with Gasteiger partial charge in [-0.1, -0.05) is 5.16 Å². The van der Waals surface area contributed by atoms with Gasteiger partial charge in [0, 0.05) is 24.1 Å². The second-order valence-electron chi connectivity index (χ2n) is 3.76. The molecule has 7 nitrogen and oxygen atoms in total. The van der Waals surface area contributed by atoms with Crippen LogP contribution in [0.5, 0.6) is 0 Å². The normalized spacial score (nSPS) is 11.6. The lowest BCUT2D eigenvalue weighted by Gasteiger charge is -1.97. The van der Waals surface area contributed by atoms with Gasteiger partial charge in [-0.05, 0) is 5.16 Å². The van der Waals surface area contributed by atoms with E-state index in [9.17, 15) is 8.42 Å². The SMILES string of the molecule is O=S(=O)(O)CCC[n+]1ccc(-c2cnon2)cc1. The molecule has 2 heterocycles. The van der Waals surface area contributed by atoms with Gasteiger partial charge in [-0.15, -0.1) is 0 Å². The number of pyridine rings is 1. The standard InChI is InChI=1S/C10H11N3O4S/c14-18(15,16)7-1-4-13-5-2-9(3-6-13)10-8-11-17-12-10/h2-3,5-6,8H,1,4,7H2/p+1. The average molecular weight is 270 g/mol. The molecule has 18 heavy (non-hydrogen) atoms. The summed E-state index contributed by atoms with van der Waals surface area (Å²) in [5, 5.41) is 7.21. The summed E-state index contributed by atoms with van der Waals surface area (Å²) < 4.78 is 36.0. The molecule has 0 aromatic carbocycles. The van der Waals surface area contributed by atoms with Gasteiger partial charge in [0.05, 0.1) is 11.9 Å². The number of rotatable bonds is 5. The Hall–Kier alpha value is -1.80. The fraction of sp³-hybridized carbons (Fsp3) is 0.300. The Bertz CT molecular complexity index is 593. The summed E-state index contributed by atoms with van der Waals surface area (Å²) in [6.07, 6.45) is 5.47. The topological polar surface area (TPSA) is 97.2 Å². The van der Waals surface area contributed by atoms with Crippen molar-refractivity contribution in [2.24, 2.45) is 0 Å². The van der Waals surface area contributed by atoms with Crippen LogP contribution in [-0.2, 0) is 16.7 Å². The first kappa shape index (κ1) is 12.7. The second kappa shape index (κ2) is 5.23. The fourth-order valence-electron chi connectivity index (χ4n) is 1.50. The third kappa shape index (κ3) is 3.60. The summed E-state index contributed by atoms with van der Waals surface area (Å²) >= 11 is 0. The monoisotopic (exact) mass is 270 g/mol. The maximum Gasteiger partial charge on any atom is 0.265 e. The van der Waals surface area contributed by atoms with Crippen LogP contribution < -0.4 is 4.57 Å². The van der Waals surface area contributed by atoms with E-state index in [1.807, 2.05) is 16.7 Å². The van der Waals surface area contributed by atoms with Gasteiger partial charge >= 0.3 is 0 Å². The highest BCUT2D eigenvalue weighted by molar-refractivity contribution is 7.85. The molecular formula is C10H12N3O4S+. The first-order chi connectivity index (χ1) is 8.54. The molecule has 8 heteroatoms. The summed E-state index contributed by atoms with van der Waals surface area (Å²) in [5.41, 5.74) is 1.50. The summed E-state index contributed by atoms with van der Waals surface area (Å²) in [4.78, 5) is 0. The number of aromatic nitrogens is 3. The fourth-order valence-corrected chi connectivity index (χ4v) is 1.99. The maximum atomic E-state index is 10.6. The molecule has 0 amide bonds. The lowest BCUT2D eigenvalue weighted by Crippen LogP contribution is -2.33. The zero-order valence-electron chi connectivity index (χ0n) is 9.43. The largest absolute Gasteiger partial charge is 0.286 e. The number of hydrogen-bond donors (Lipinski definition) is 1. The molecule has 0 atom stereocenters. The van der Waals surface area contributed by atoms with Gasteiger partial charge in [-0.25, -0.2) is 9.20 Å². The molecule has 2 rings (SSSR count). The van der Waals surface area contributed by atoms with Crippen molar-refractivity contribution in [3.8, 4) is 11.3 Å². The molecule has 2 aromatic rings. The van der Waals surface area contributed by atoms with Crippen LogP contribution in [0.1, 0.15) is 6.42 Å². The Morgan fingerprint density at radius 3 is 2.61 bits per heavy atom. The maximum absolute atomic E-state index is 10.6. The van der Waals surface area contributed by atoms with E-state index in [4.69, 9.17) is 4.55 Å². The second-order valence-corrected chi connectivity index (χ2v) is 5.33. The van der Waals surface area contributed by atoms with Gasteiger partial charge < -0.3 is 0 Å². The predicted molar refractivity (Wildman–Crippen MR) is 61.0 cm³/mol. The van der Waals surface area contributed by atoms with E-state index in [0.29, 0.717) is 18.7 Å². The van der Waals surface area contributed by atoms with E-state index in [2.05, 4.69) is 14.9 Å². The number of nitrogens with zero attached hydrogens (tertiary/aromatic N) is 3. The van der Waals surface area contributed by atoms with E-state index in [0.717, 1.165) is 5.56 Å². The molecule has 0 aliphatic rings. The summed E-state index contributed by atoms with van der Waals surface area (Å²) in [7, 11) is -3.88. The number of hydrogen-bond acceptors (Lipinski definition) is 5. The quantitative estimate of drug-likeness (QED) is 0.620. The third-order valence-corrected chi connectivity index (χ3v) is 3.17. The Morgan fingerprint density at radius 2 is 2.06 bits per heavy atom. The van der Waals surface area contributed by atoms with Crippen molar-refractivity contribution in [2.45, 2.75) is 13.0 Å². The average Bonchev–Trinajstić information content (AvgIpc) is 2.82. The summed E-state index contributed by atoms with van der Waals surface area (Å²) in [5.74, 6) is -0.241. The summed E-state index contributed by atoms with van der Waals surface area (Å²) in [6.45, 7) is 0.511. The Labute approximate surface area is 104 Å². The van der Waals surface area contributed by atoms with Crippen molar-refractivity contribution in [2.75, 3.05) is 5.75 Å². The van der Waals surface area contributed by atoms with Crippen LogP contribution in [0.2, 0.25) is 0 Å². The molecule has 0 spiro atoms. The highest BCUT2D eigenvalue weighted by Crippen LogP contribution is 2.12. The van der Waals surface area contributed by atoms with Gasteiger partial charge in [0.15, 0.2) is 12.4 Å². The van der Waals surface area contributed by atoms with E-state index in [1.165, 1.54) is 6.20 Å². The van der Waals surface area contributed by atoms with Gasteiger partial charge in [0.25, 0.3) is 10.1 Å². The van der Waals surface area contributed by atoms with Crippen LogP contribution in [0, 0.1) is 0 Å². The zero-order chi connectivity index (χ0) is 13.0. The van der Waals surface area contributed by atoms with E-state index < -0.39 is 10.1 Å². The van der Waals surface area contributed by atoms with Crippen LogP contribution in [0.15, 0.2) is 35.4 Å². The first-order valence-corrected chi connectivity index (χ1v) is 6.88. The lowest BCUT2D eigenvalue weighted by molar-refractivity contribution is -0.696. The number of aryl methyl sites for hydroxylation is 1. The highest BCUT2D eigenvalue weighted by atomic mass is 32.2. The van der Waals surface area contributed by atoms with E-state index in [-0.39, 0.29) is 5.75 Å². The molecule has 96 valence electrons. The minimum absolute atomic E-state index is 0.241. The Balaban J connectivity index is 1.96. The van der Waals surface area contributed by atoms with Gasteiger partial charge in [0.2, 0.25) is 0 Å². The minimum Gasteiger partial charge on any atom is -0.286 e. The molecule has 1 N–H and O–H groups in total. The van der Waals surface area contributed by atoms with Crippen molar-refractivity contribution < 1.29 is 22.2 Å². The Kier molecular flexibility index (Phi) is 3.68. The minimum atomic E-state index is -3.88. The third-order valence-electron chi connectivity index (χ3n) is 2.37. The van der Waals surface area contributed by atoms with Crippen molar-refractivity contribution in [3.05, 3.63) is 30.7 Å². The zero-order valence-corrected chi connectivity index (χ0v) is 10.2. The Morgan fingerprint density at radius 1 is 1.33 bits per heavy atom. The van der Waals surface area contributed by atoms with Crippen LogP contribution in [-0.4, -0.2) is 29.0 Å². The van der Waals surface area contributed by atoms with Crippen LogP contribution in [0.3, 0.4) is 0 Å². The molecule has 0 saturated heterocycles. The first-order valence-electron chi connectivity index (χ1n) is 5.27. The molecule has 0 unspecified atom stereocenters. The van der Waals surface area contributed by atoms with Crippen molar-refractivity contribution in [1.82, 2.24) is 10.3 Å². The molecular weight excluding hydrogens is 258 g/mol.